The molecule has 0 amide bonds. The Kier molecular flexibility index (Phi) is 12.5. The third-order valence-corrected chi connectivity index (χ3v) is 0.936. The summed E-state index contributed by atoms with van der Waals surface area (Å²) < 4.78 is 29.0. The Balaban J connectivity index is 0. The first kappa shape index (κ1) is 17.0. The summed E-state index contributed by atoms with van der Waals surface area (Å²) in [6.07, 6.45) is 0.833. The lowest BCUT2D eigenvalue weighted by atomic mass is 10.2. The fraction of sp³-hybridized carbons (Fsp3) is 0.364. The zero-order valence-electron chi connectivity index (χ0n) is 9.58. The molecule has 92 valence electrons. The van der Waals surface area contributed by atoms with Crippen LogP contribution in [0, 0.1) is 0 Å². The normalized spacial score (nSPS) is 8.75. The van der Waals surface area contributed by atoms with Crippen molar-refractivity contribution in [3.63, 3.8) is 0 Å². The topological polar surface area (TPSA) is 21.5 Å². The Labute approximate surface area is 93.7 Å². The van der Waals surface area contributed by atoms with Gasteiger partial charge in [0.1, 0.15) is 6.29 Å². The van der Waals surface area contributed by atoms with Gasteiger partial charge in [-0.3, -0.25) is 4.79 Å². The zero-order chi connectivity index (χ0) is 13.0. The zero-order valence-corrected chi connectivity index (χ0v) is 9.58. The summed E-state index contributed by atoms with van der Waals surface area (Å²) in [4.78, 5) is 11.4. The van der Waals surface area contributed by atoms with E-state index in [9.17, 15) is 18.0 Å². The molecule has 0 aliphatic heterocycles. The van der Waals surface area contributed by atoms with Crippen LogP contribution in [0.1, 0.15) is 10.4 Å². The molecular weight excluding hydrogens is 219 g/mol. The highest BCUT2D eigenvalue weighted by Gasteiger charge is 1.86. The maximum absolute atomic E-state index is 10.0. The third kappa shape index (κ3) is 22.9. The van der Waals surface area contributed by atoms with Crippen LogP contribution in [0.15, 0.2) is 30.3 Å². The molecule has 0 aliphatic carbocycles. The first-order valence-electron chi connectivity index (χ1n) is 4.59. The van der Waals surface area contributed by atoms with Crippen molar-refractivity contribution in [3.05, 3.63) is 35.9 Å². The predicted octanol–water partition coefficient (Wildman–Crippen LogP) is 1.44. The molecule has 0 aliphatic rings. The number of hydrogen-bond acceptors (Lipinski definition) is 1. The van der Waals surface area contributed by atoms with Crippen molar-refractivity contribution in [2.75, 3.05) is 21.1 Å². The maximum Gasteiger partial charge on any atom is 0.379 e. The van der Waals surface area contributed by atoms with E-state index in [4.69, 9.17) is 0 Å². The molecular formula is C11H17F3NO+. The van der Waals surface area contributed by atoms with Gasteiger partial charge in [0, 0.05) is 5.56 Å². The second-order valence-electron chi connectivity index (χ2n) is 3.28. The standard InChI is InChI=1S/C7H6O.C3H9N.CHF3/c8-6-7-4-2-1-3-5-7;1-4(2)3;2-1(3)4/h1-6H;1-3H3;1H/p+1. The monoisotopic (exact) mass is 236 g/mol. The Morgan fingerprint density at radius 1 is 1.06 bits per heavy atom. The van der Waals surface area contributed by atoms with Crippen molar-refractivity contribution in [3.8, 4) is 0 Å². The first-order chi connectivity index (χ1) is 7.40. The van der Waals surface area contributed by atoms with E-state index in [0.717, 1.165) is 11.8 Å². The maximum atomic E-state index is 10.0. The van der Waals surface area contributed by atoms with Crippen molar-refractivity contribution < 1.29 is 22.9 Å². The number of benzene rings is 1. The molecule has 0 heterocycles. The lowest BCUT2D eigenvalue weighted by molar-refractivity contribution is -0.836. The number of rotatable bonds is 1. The van der Waals surface area contributed by atoms with Gasteiger partial charge >= 0.3 is 6.68 Å². The number of hydrogen-bond donors (Lipinski definition) is 1. The van der Waals surface area contributed by atoms with E-state index in [-0.39, 0.29) is 0 Å². The van der Waals surface area contributed by atoms with Gasteiger partial charge in [-0.25, -0.2) is 0 Å². The van der Waals surface area contributed by atoms with Crippen molar-refractivity contribution >= 4 is 6.29 Å². The SMILES string of the molecule is C[NH+](C)C.FC(F)F.O=Cc1ccccc1. The van der Waals surface area contributed by atoms with E-state index in [0.29, 0.717) is 0 Å². The summed E-state index contributed by atoms with van der Waals surface area (Å²) in [7, 11) is 6.25. The van der Waals surface area contributed by atoms with Crippen molar-refractivity contribution in [2.24, 2.45) is 0 Å². The highest BCUT2D eigenvalue weighted by atomic mass is 19.4. The van der Waals surface area contributed by atoms with Gasteiger partial charge < -0.3 is 4.90 Å². The molecule has 0 spiro atoms. The number of halogens is 3. The molecule has 1 aromatic rings. The summed E-state index contributed by atoms with van der Waals surface area (Å²) in [6.45, 7) is -3.67. The molecule has 2 nitrogen and oxygen atoms in total. The minimum absolute atomic E-state index is 0.729. The lowest BCUT2D eigenvalue weighted by Gasteiger charge is -1.88. The van der Waals surface area contributed by atoms with Gasteiger partial charge in [0.05, 0.1) is 21.1 Å². The van der Waals surface area contributed by atoms with E-state index in [2.05, 4.69) is 21.1 Å². The highest BCUT2D eigenvalue weighted by molar-refractivity contribution is 5.74. The molecule has 0 fully saturated rings. The van der Waals surface area contributed by atoms with Crippen molar-refractivity contribution in [2.45, 2.75) is 6.68 Å². The average molecular weight is 236 g/mol. The predicted molar refractivity (Wildman–Crippen MR) is 57.7 cm³/mol. The number of quaternary nitrogens is 1. The van der Waals surface area contributed by atoms with Crippen LogP contribution in [-0.2, 0) is 0 Å². The molecule has 16 heavy (non-hydrogen) atoms. The Morgan fingerprint density at radius 2 is 1.38 bits per heavy atom. The minimum Gasteiger partial charge on any atom is -0.342 e. The smallest absolute Gasteiger partial charge is 0.342 e. The molecule has 0 atom stereocenters. The van der Waals surface area contributed by atoms with Crippen molar-refractivity contribution in [1.82, 2.24) is 0 Å². The van der Waals surface area contributed by atoms with Gasteiger partial charge in [-0.2, -0.15) is 13.2 Å². The lowest BCUT2D eigenvalue weighted by Crippen LogP contribution is -3.02. The van der Waals surface area contributed by atoms with Gasteiger partial charge in [0.2, 0.25) is 0 Å². The van der Waals surface area contributed by atoms with Crippen LogP contribution in [-0.4, -0.2) is 34.1 Å². The van der Waals surface area contributed by atoms with Gasteiger partial charge in [-0.05, 0) is 0 Å². The Bertz CT molecular complexity index is 241. The largest absolute Gasteiger partial charge is 0.379 e. The number of nitrogens with one attached hydrogen (secondary N) is 1. The summed E-state index contributed by atoms with van der Waals surface area (Å²) in [5.74, 6) is 0. The Morgan fingerprint density at radius 3 is 1.56 bits per heavy atom. The van der Waals surface area contributed by atoms with Gasteiger partial charge in [-0.1, -0.05) is 30.3 Å². The summed E-state index contributed by atoms with van der Waals surface area (Å²) in [5, 5.41) is 0. The van der Waals surface area contributed by atoms with Gasteiger partial charge in [0.25, 0.3) is 0 Å². The van der Waals surface area contributed by atoms with E-state index in [1.807, 2.05) is 18.2 Å². The van der Waals surface area contributed by atoms with Crippen LogP contribution >= 0.6 is 0 Å². The summed E-state index contributed by atoms with van der Waals surface area (Å²) >= 11 is 0. The number of carbonyl (C=O) groups excluding carboxylic acids is 1. The molecule has 0 aromatic heterocycles. The molecule has 1 aromatic carbocycles. The van der Waals surface area contributed by atoms with Crippen LogP contribution in [0.3, 0.4) is 0 Å². The highest BCUT2D eigenvalue weighted by Crippen LogP contribution is 1.91. The third-order valence-electron chi connectivity index (χ3n) is 0.936. The fourth-order valence-corrected chi connectivity index (χ4v) is 0.532. The molecule has 0 unspecified atom stereocenters. The van der Waals surface area contributed by atoms with Crippen LogP contribution in [0.2, 0.25) is 0 Å². The molecule has 0 bridgehead atoms. The van der Waals surface area contributed by atoms with Crippen LogP contribution in [0.4, 0.5) is 13.2 Å². The molecule has 1 N–H and O–H groups in total. The summed E-state index contributed by atoms with van der Waals surface area (Å²) in [6, 6.07) is 9.10. The molecule has 0 radical (unpaired) electrons. The van der Waals surface area contributed by atoms with Crippen molar-refractivity contribution in [1.29, 1.82) is 0 Å². The summed E-state index contributed by atoms with van der Waals surface area (Å²) in [5.41, 5.74) is 0.729. The quantitative estimate of drug-likeness (QED) is 0.732. The molecule has 0 saturated carbocycles. The van der Waals surface area contributed by atoms with Crippen LogP contribution in [0.25, 0.3) is 0 Å². The number of carbonyl (C=O) groups is 1. The number of aldehydes is 1. The van der Waals surface area contributed by atoms with E-state index < -0.39 is 6.68 Å². The molecule has 5 heteroatoms. The second kappa shape index (κ2) is 11.7. The molecule has 1 rings (SSSR count). The van der Waals surface area contributed by atoms with Crippen LogP contribution in [0.5, 0.6) is 0 Å². The Hall–Kier alpha value is -1.36. The minimum atomic E-state index is -3.67. The average Bonchev–Trinajstić information content (AvgIpc) is 2.17. The second-order valence-corrected chi connectivity index (χ2v) is 3.28. The van der Waals surface area contributed by atoms with E-state index in [1.54, 1.807) is 12.1 Å². The van der Waals surface area contributed by atoms with E-state index in [1.165, 1.54) is 4.90 Å². The van der Waals surface area contributed by atoms with Crippen LogP contribution < -0.4 is 4.90 Å². The molecule has 0 saturated heterocycles. The van der Waals surface area contributed by atoms with E-state index >= 15 is 0 Å². The van der Waals surface area contributed by atoms with Gasteiger partial charge in [-0.15, -0.1) is 0 Å². The first-order valence-corrected chi connectivity index (χ1v) is 4.59. The number of alkyl halides is 3. The fourth-order valence-electron chi connectivity index (χ4n) is 0.532. The van der Waals surface area contributed by atoms with Gasteiger partial charge in [0.15, 0.2) is 0 Å².